The molecule has 4 nitrogen and oxygen atoms in total. The summed E-state index contributed by atoms with van der Waals surface area (Å²) in [6.07, 6.45) is 0.957. The van der Waals surface area contributed by atoms with Crippen molar-refractivity contribution in [2.75, 3.05) is 20.1 Å². The number of halogens is 1. The zero-order valence-electron chi connectivity index (χ0n) is 14.9. The van der Waals surface area contributed by atoms with Crippen LogP contribution in [-0.2, 0) is 13.0 Å². The van der Waals surface area contributed by atoms with Crippen LogP contribution in [0.1, 0.15) is 28.8 Å². The highest BCUT2D eigenvalue weighted by molar-refractivity contribution is 14.0. The van der Waals surface area contributed by atoms with E-state index in [0.29, 0.717) is 0 Å². The van der Waals surface area contributed by atoms with Crippen molar-refractivity contribution in [1.29, 1.82) is 0 Å². The maximum absolute atomic E-state index is 4.74. The molecule has 0 aliphatic rings. The summed E-state index contributed by atoms with van der Waals surface area (Å²) in [6.45, 7) is 8.67. The standard InChI is InChI=1S/C18H26N4S.HI/c1-5-19-18(22(4)12-17-13-23-15(3)21-17)20-11-10-16-8-6-14(2)7-9-16;/h6-9,13H,5,10-12H2,1-4H3,(H,19,20);1H. The molecule has 1 aromatic carbocycles. The van der Waals surface area contributed by atoms with Crippen molar-refractivity contribution in [3.8, 4) is 0 Å². The van der Waals surface area contributed by atoms with Crippen molar-refractivity contribution >= 4 is 41.3 Å². The van der Waals surface area contributed by atoms with Crippen LogP contribution in [0.4, 0.5) is 0 Å². The van der Waals surface area contributed by atoms with Gasteiger partial charge in [-0.1, -0.05) is 29.8 Å². The number of aromatic nitrogens is 1. The number of aryl methyl sites for hydroxylation is 2. The van der Waals surface area contributed by atoms with Gasteiger partial charge >= 0.3 is 0 Å². The maximum Gasteiger partial charge on any atom is 0.194 e. The minimum absolute atomic E-state index is 0. The van der Waals surface area contributed by atoms with Gasteiger partial charge < -0.3 is 10.2 Å². The topological polar surface area (TPSA) is 40.5 Å². The van der Waals surface area contributed by atoms with E-state index < -0.39 is 0 Å². The quantitative estimate of drug-likeness (QED) is 0.404. The monoisotopic (exact) mass is 458 g/mol. The molecule has 2 rings (SSSR count). The molecule has 0 amide bonds. The molecule has 1 aromatic heterocycles. The Hall–Kier alpha value is -1.15. The Labute approximate surface area is 166 Å². The molecule has 6 heteroatoms. The molecule has 0 radical (unpaired) electrons. The molecule has 0 unspecified atom stereocenters. The third-order valence-electron chi connectivity index (χ3n) is 3.54. The van der Waals surface area contributed by atoms with Gasteiger partial charge in [-0.25, -0.2) is 4.98 Å². The summed E-state index contributed by atoms with van der Waals surface area (Å²) in [5.41, 5.74) is 3.72. The second-order valence-electron chi connectivity index (χ2n) is 5.69. The largest absolute Gasteiger partial charge is 0.357 e. The van der Waals surface area contributed by atoms with Gasteiger partial charge in [-0.3, -0.25) is 4.99 Å². The van der Waals surface area contributed by atoms with Crippen molar-refractivity contribution in [3.63, 3.8) is 0 Å². The van der Waals surface area contributed by atoms with Gasteiger partial charge in [-0.05, 0) is 32.8 Å². The van der Waals surface area contributed by atoms with Crippen LogP contribution >= 0.6 is 35.3 Å². The molecule has 1 N–H and O–H groups in total. The number of thiazole rings is 1. The molecular weight excluding hydrogens is 431 g/mol. The molecule has 0 saturated carbocycles. The minimum Gasteiger partial charge on any atom is -0.357 e. The first-order valence-electron chi connectivity index (χ1n) is 8.04. The third kappa shape index (κ3) is 6.76. The number of rotatable bonds is 6. The van der Waals surface area contributed by atoms with Crippen LogP contribution < -0.4 is 5.32 Å². The van der Waals surface area contributed by atoms with E-state index >= 15 is 0 Å². The fourth-order valence-electron chi connectivity index (χ4n) is 2.31. The highest BCUT2D eigenvalue weighted by atomic mass is 127. The van der Waals surface area contributed by atoms with Crippen molar-refractivity contribution < 1.29 is 0 Å². The molecule has 0 atom stereocenters. The van der Waals surface area contributed by atoms with Gasteiger partial charge in [0.15, 0.2) is 5.96 Å². The van der Waals surface area contributed by atoms with Crippen LogP contribution in [0.5, 0.6) is 0 Å². The average molecular weight is 458 g/mol. The minimum atomic E-state index is 0. The van der Waals surface area contributed by atoms with Gasteiger partial charge in [0.05, 0.1) is 17.2 Å². The number of benzene rings is 1. The first kappa shape index (κ1) is 20.9. The van der Waals surface area contributed by atoms with Crippen LogP contribution in [0.2, 0.25) is 0 Å². The second-order valence-corrected chi connectivity index (χ2v) is 6.75. The fourth-order valence-corrected chi connectivity index (χ4v) is 2.92. The lowest BCUT2D eigenvalue weighted by Crippen LogP contribution is -2.38. The van der Waals surface area contributed by atoms with Crippen molar-refractivity contribution in [1.82, 2.24) is 15.2 Å². The molecule has 1 heterocycles. The maximum atomic E-state index is 4.74. The van der Waals surface area contributed by atoms with Gasteiger partial charge in [0.1, 0.15) is 0 Å². The van der Waals surface area contributed by atoms with E-state index in [1.54, 1.807) is 11.3 Å². The van der Waals surface area contributed by atoms with E-state index in [4.69, 9.17) is 4.99 Å². The first-order chi connectivity index (χ1) is 11.1. The van der Waals surface area contributed by atoms with E-state index in [0.717, 1.165) is 42.7 Å². The van der Waals surface area contributed by atoms with Crippen LogP contribution in [0.25, 0.3) is 0 Å². The van der Waals surface area contributed by atoms with Crippen LogP contribution in [-0.4, -0.2) is 36.0 Å². The number of guanidine groups is 1. The number of aliphatic imine (C=N–C) groups is 1. The highest BCUT2D eigenvalue weighted by Gasteiger charge is 2.08. The Morgan fingerprint density at radius 3 is 2.54 bits per heavy atom. The SMILES string of the molecule is CCNC(=NCCc1ccc(C)cc1)N(C)Cc1csc(C)n1.I. The van der Waals surface area contributed by atoms with Gasteiger partial charge in [-0.2, -0.15) is 0 Å². The molecular formula is C18H27IN4S. The van der Waals surface area contributed by atoms with E-state index in [1.807, 2.05) is 6.92 Å². The highest BCUT2D eigenvalue weighted by Crippen LogP contribution is 2.10. The Balaban J connectivity index is 0.00000288. The van der Waals surface area contributed by atoms with Crippen molar-refractivity contribution in [3.05, 3.63) is 51.5 Å². The van der Waals surface area contributed by atoms with Crippen LogP contribution in [0, 0.1) is 13.8 Å². The fraction of sp³-hybridized carbons (Fsp3) is 0.444. The second kappa shape index (κ2) is 10.7. The summed E-state index contributed by atoms with van der Waals surface area (Å²) in [5.74, 6) is 0.935. The average Bonchev–Trinajstić information content (AvgIpc) is 2.93. The predicted octanol–water partition coefficient (Wildman–Crippen LogP) is 4.02. The zero-order valence-corrected chi connectivity index (χ0v) is 18.0. The first-order valence-corrected chi connectivity index (χ1v) is 8.92. The van der Waals surface area contributed by atoms with Crippen LogP contribution in [0.15, 0.2) is 34.6 Å². The summed E-state index contributed by atoms with van der Waals surface area (Å²) in [5, 5.41) is 6.58. The molecule has 0 aliphatic heterocycles. The van der Waals surface area contributed by atoms with E-state index in [1.165, 1.54) is 11.1 Å². The lowest BCUT2D eigenvalue weighted by Gasteiger charge is -2.21. The van der Waals surface area contributed by atoms with E-state index in [9.17, 15) is 0 Å². The normalized spacial score (nSPS) is 11.1. The summed E-state index contributed by atoms with van der Waals surface area (Å²) >= 11 is 1.69. The van der Waals surface area contributed by atoms with Gasteiger partial charge in [0, 0.05) is 25.5 Å². The summed E-state index contributed by atoms with van der Waals surface area (Å²) in [7, 11) is 2.06. The Bertz CT molecular complexity index is 637. The van der Waals surface area contributed by atoms with E-state index in [-0.39, 0.29) is 24.0 Å². The summed E-state index contributed by atoms with van der Waals surface area (Å²) in [4.78, 5) is 11.4. The summed E-state index contributed by atoms with van der Waals surface area (Å²) in [6, 6.07) is 8.67. The van der Waals surface area contributed by atoms with Gasteiger partial charge in [-0.15, -0.1) is 35.3 Å². The third-order valence-corrected chi connectivity index (χ3v) is 4.37. The number of nitrogens with zero attached hydrogens (tertiary/aromatic N) is 3. The van der Waals surface area contributed by atoms with Crippen LogP contribution in [0.3, 0.4) is 0 Å². The summed E-state index contributed by atoms with van der Waals surface area (Å²) < 4.78 is 0. The number of nitrogens with one attached hydrogen (secondary N) is 1. The smallest absolute Gasteiger partial charge is 0.194 e. The van der Waals surface area contributed by atoms with Crippen molar-refractivity contribution in [2.24, 2.45) is 4.99 Å². The molecule has 0 spiro atoms. The predicted molar refractivity (Wildman–Crippen MR) is 115 cm³/mol. The molecule has 0 saturated heterocycles. The van der Waals surface area contributed by atoms with Gasteiger partial charge in [0.25, 0.3) is 0 Å². The lowest BCUT2D eigenvalue weighted by atomic mass is 10.1. The Morgan fingerprint density at radius 1 is 1.25 bits per heavy atom. The molecule has 0 fully saturated rings. The van der Waals surface area contributed by atoms with Gasteiger partial charge in [0.2, 0.25) is 0 Å². The Morgan fingerprint density at radius 2 is 1.96 bits per heavy atom. The van der Waals surface area contributed by atoms with E-state index in [2.05, 4.69) is 65.7 Å². The van der Waals surface area contributed by atoms with Crippen molar-refractivity contribution in [2.45, 2.75) is 33.7 Å². The number of hydrogen-bond donors (Lipinski definition) is 1. The molecule has 132 valence electrons. The zero-order chi connectivity index (χ0) is 16.7. The number of hydrogen-bond acceptors (Lipinski definition) is 3. The molecule has 0 bridgehead atoms. The molecule has 24 heavy (non-hydrogen) atoms. The Kier molecular flexibility index (Phi) is 9.28. The lowest BCUT2D eigenvalue weighted by molar-refractivity contribution is 0.471. The molecule has 0 aliphatic carbocycles. The molecule has 2 aromatic rings.